The molecular weight excluding hydrogens is 685 g/mol. The fraction of sp³-hybridized carbons (Fsp3) is 0. The van der Waals surface area contributed by atoms with Crippen molar-refractivity contribution in [2.45, 2.75) is 0 Å². The van der Waals surface area contributed by atoms with Gasteiger partial charge in [0.15, 0.2) is 17.5 Å². The van der Waals surface area contributed by atoms with Crippen LogP contribution in [-0.2, 0) is 0 Å². The van der Waals surface area contributed by atoms with Gasteiger partial charge >= 0.3 is 0 Å². The van der Waals surface area contributed by atoms with Crippen LogP contribution in [0.5, 0.6) is 0 Å². The SMILES string of the molecule is [2H]c1c([2H])c([2H])c(-n2c3c([2H])c([2H])c([2H])c([2H])c3c3c([2H])c([2H])c(-c4ccc(-c5nc(-c6ccc(-c7ccccc7)cc6)nc(-c6cccc7c6oc6ccccc67)n5)cc4)c([2H])c32)c([2H])c1[2H]. The van der Waals surface area contributed by atoms with Gasteiger partial charge in [0, 0.05) is 38.4 Å². The fourth-order valence-corrected chi connectivity index (χ4v) is 7.14. The molecule has 0 amide bonds. The van der Waals surface area contributed by atoms with Crippen LogP contribution in [0, 0.1) is 0 Å². The first-order valence-electron chi connectivity index (χ1n) is 23.8. The molecule has 0 fully saturated rings. The van der Waals surface area contributed by atoms with E-state index in [2.05, 4.69) is 0 Å². The Labute approximate surface area is 339 Å². The molecule has 0 radical (unpaired) electrons. The number of nitrogens with zero attached hydrogens (tertiary/aromatic N) is 4. The van der Waals surface area contributed by atoms with Crippen LogP contribution in [0.4, 0.5) is 0 Å². The molecule has 3 aromatic heterocycles. The van der Waals surface area contributed by atoms with Gasteiger partial charge < -0.3 is 8.98 Å². The van der Waals surface area contributed by atoms with Crippen molar-refractivity contribution in [3.8, 4) is 62.1 Å². The molecule has 5 heteroatoms. The summed E-state index contributed by atoms with van der Waals surface area (Å²) in [5, 5.41) is 1.42. The van der Waals surface area contributed by atoms with Crippen molar-refractivity contribution in [1.29, 1.82) is 0 Å². The molecular formula is C51H32N4O. The molecule has 11 rings (SSSR count). The van der Waals surface area contributed by atoms with E-state index in [-0.39, 0.29) is 27.4 Å². The van der Waals surface area contributed by atoms with Crippen LogP contribution < -0.4 is 0 Å². The second-order valence-corrected chi connectivity index (χ2v) is 13.1. The van der Waals surface area contributed by atoms with E-state index in [1.807, 2.05) is 97.1 Å². The number of hydrogen-bond acceptors (Lipinski definition) is 4. The third-order valence-electron chi connectivity index (χ3n) is 9.83. The van der Waals surface area contributed by atoms with Gasteiger partial charge in [-0.25, -0.2) is 15.0 Å². The summed E-state index contributed by atoms with van der Waals surface area (Å²) >= 11 is 0. The molecule has 0 saturated carbocycles. The average molecular weight is 729 g/mol. The summed E-state index contributed by atoms with van der Waals surface area (Å²) in [6.07, 6.45) is 0. The molecule has 0 saturated heterocycles. The summed E-state index contributed by atoms with van der Waals surface area (Å²) in [7, 11) is 0. The Morgan fingerprint density at radius 3 is 1.77 bits per heavy atom. The smallest absolute Gasteiger partial charge is 0.167 e. The zero-order valence-corrected chi connectivity index (χ0v) is 29.2. The molecule has 56 heavy (non-hydrogen) atoms. The largest absolute Gasteiger partial charge is 0.455 e. The minimum absolute atomic E-state index is 0.0622. The van der Waals surface area contributed by atoms with Gasteiger partial charge in [-0.3, -0.25) is 0 Å². The van der Waals surface area contributed by atoms with E-state index in [0.29, 0.717) is 45.3 Å². The molecule has 5 nitrogen and oxygen atoms in total. The number of hydrogen-bond donors (Lipinski definition) is 0. The van der Waals surface area contributed by atoms with Crippen LogP contribution in [0.1, 0.15) is 16.4 Å². The van der Waals surface area contributed by atoms with Crippen LogP contribution in [0.3, 0.4) is 0 Å². The van der Waals surface area contributed by atoms with Crippen molar-refractivity contribution >= 4 is 43.7 Å². The first kappa shape index (κ1) is 21.9. The molecule has 3 heterocycles. The summed E-state index contributed by atoms with van der Waals surface area (Å²) in [5.41, 5.74) is 4.54. The van der Waals surface area contributed by atoms with Crippen LogP contribution >= 0.6 is 0 Å². The van der Waals surface area contributed by atoms with Gasteiger partial charge in [0.05, 0.1) is 33.0 Å². The van der Waals surface area contributed by atoms with E-state index in [1.54, 1.807) is 24.3 Å². The number of rotatable bonds is 6. The highest BCUT2D eigenvalue weighted by atomic mass is 16.3. The van der Waals surface area contributed by atoms with Crippen LogP contribution in [0.25, 0.3) is 106 Å². The summed E-state index contributed by atoms with van der Waals surface area (Å²) in [4.78, 5) is 14.9. The first-order chi connectivity index (χ1) is 32.7. The van der Waals surface area contributed by atoms with Gasteiger partial charge in [-0.2, -0.15) is 0 Å². The Morgan fingerprint density at radius 2 is 1.00 bits per heavy atom. The van der Waals surface area contributed by atoms with Crippen molar-refractivity contribution < 1.29 is 20.9 Å². The maximum atomic E-state index is 9.68. The topological polar surface area (TPSA) is 56.7 Å². The van der Waals surface area contributed by atoms with E-state index in [9.17, 15) is 4.11 Å². The predicted octanol–water partition coefficient (Wildman–Crippen LogP) is 13.2. The standard InChI is InChI=1S/C51H32N4O/c1-3-12-33(13-4-1)34-22-26-36(27-23-34)49-52-50(54-51(53-49)44-19-11-18-43-42-17-8-10-21-47(42)56-48(43)44)37-28-24-35(25-29-37)38-30-31-41-40-16-7-9-20-45(40)55(46(41)32-38)39-14-5-2-6-15-39/h1-32H/i2D,5D,6D,7D,9D,14D,15D,16D,20D,30D,31D,32D. The van der Waals surface area contributed by atoms with Crippen molar-refractivity contribution in [2.75, 3.05) is 0 Å². The van der Waals surface area contributed by atoms with E-state index in [4.69, 9.17) is 31.7 Å². The maximum absolute atomic E-state index is 9.68. The Balaban J connectivity index is 1.11. The average Bonchev–Trinajstić information content (AvgIpc) is 3.93. The zero-order chi connectivity index (χ0) is 47.4. The number of furan rings is 1. The summed E-state index contributed by atoms with van der Waals surface area (Å²) < 4.78 is 113. The van der Waals surface area contributed by atoms with Crippen LogP contribution in [0.15, 0.2) is 198 Å². The molecule has 0 unspecified atom stereocenters. The highest BCUT2D eigenvalue weighted by Crippen LogP contribution is 2.38. The molecule has 8 aromatic carbocycles. The molecule has 0 bridgehead atoms. The lowest BCUT2D eigenvalue weighted by atomic mass is 10.0. The Morgan fingerprint density at radius 1 is 0.411 bits per heavy atom. The third kappa shape index (κ3) is 5.37. The summed E-state index contributed by atoms with van der Waals surface area (Å²) in [5.74, 6) is 1.05. The van der Waals surface area contributed by atoms with Crippen molar-refractivity contribution in [3.05, 3.63) is 194 Å². The van der Waals surface area contributed by atoms with Gasteiger partial charge in [-0.1, -0.05) is 158 Å². The minimum Gasteiger partial charge on any atom is -0.455 e. The second-order valence-electron chi connectivity index (χ2n) is 13.1. The van der Waals surface area contributed by atoms with Crippen molar-refractivity contribution in [2.24, 2.45) is 0 Å². The van der Waals surface area contributed by atoms with Gasteiger partial charge in [0.2, 0.25) is 0 Å². The van der Waals surface area contributed by atoms with Crippen molar-refractivity contribution in [3.63, 3.8) is 0 Å². The minimum atomic E-state index is -0.703. The van der Waals surface area contributed by atoms with Gasteiger partial charge in [0.1, 0.15) is 11.2 Å². The Kier molecular flexibility index (Phi) is 5.10. The first-order valence-corrected chi connectivity index (χ1v) is 17.8. The molecule has 0 spiro atoms. The monoisotopic (exact) mass is 728 g/mol. The lowest BCUT2D eigenvalue weighted by molar-refractivity contribution is 0.669. The maximum Gasteiger partial charge on any atom is 0.167 e. The van der Waals surface area contributed by atoms with E-state index < -0.39 is 78.2 Å². The molecule has 0 aliphatic rings. The summed E-state index contributed by atoms with van der Waals surface area (Å²) in [6.45, 7) is 0. The van der Waals surface area contributed by atoms with E-state index >= 15 is 0 Å². The number of fused-ring (bicyclic) bond motifs is 6. The van der Waals surface area contributed by atoms with E-state index in [1.165, 1.54) is 0 Å². The van der Waals surface area contributed by atoms with Gasteiger partial charge in [0.25, 0.3) is 0 Å². The van der Waals surface area contributed by atoms with Gasteiger partial charge in [-0.15, -0.1) is 0 Å². The molecule has 11 aromatic rings. The number of para-hydroxylation sites is 4. The Bertz CT molecular complexity index is 3900. The second kappa shape index (κ2) is 13.0. The molecule has 0 atom stereocenters. The van der Waals surface area contributed by atoms with Crippen molar-refractivity contribution in [1.82, 2.24) is 19.5 Å². The molecule has 0 aliphatic carbocycles. The lowest BCUT2D eigenvalue weighted by Crippen LogP contribution is -2.00. The fourth-order valence-electron chi connectivity index (χ4n) is 7.14. The van der Waals surface area contributed by atoms with Crippen LogP contribution in [-0.4, -0.2) is 19.5 Å². The normalized spacial score (nSPS) is 14.6. The van der Waals surface area contributed by atoms with Crippen LogP contribution in [0.2, 0.25) is 0 Å². The predicted molar refractivity (Wildman–Crippen MR) is 229 cm³/mol. The quantitative estimate of drug-likeness (QED) is 0.171. The number of aromatic nitrogens is 4. The zero-order valence-electron chi connectivity index (χ0n) is 41.2. The highest BCUT2D eigenvalue weighted by Gasteiger charge is 2.18. The Hall–Kier alpha value is -7.63. The van der Waals surface area contributed by atoms with Gasteiger partial charge in [-0.05, 0) is 58.6 Å². The third-order valence-corrected chi connectivity index (χ3v) is 9.83. The molecule has 262 valence electrons. The lowest BCUT2D eigenvalue weighted by Gasteiger charge is -2.11. The number of benzene rings is 8. The summed E-state index contributed by atoms with van der Waals surface area (Å²) in [6, 6.07) is 30.9. The van der Waals surface area contributed by atoms with E-state index in [0.717, 1.165) is 32.0 Å². The highest BCUT2D eigenvalue weighted by molar-refractivity contribution is 6.11. The molecule has 0 aliphatic heterocycles. The molecule has 0 N–H and O–H groups in total.